The number of hydrogen-bond acceptors (Lipinski definition) is 5. The van der Waals surface area contributed by atoms with Crippen molar-refractivity contribution in [3.8, 4) is 0 Å². The molecule has 1 N–H and O–H groups in total. The van der Waals surface area contributed by atoms with Crippen LogP contribution < -0.4 is 5.32 Å². The zero-order valence-corrected chi connectivity index (χ0v) is 14.0. The fraction of sp³-hybridized carbons (Fsp3) is 0.923. The molecule has 0 aliphatic carbocycles. The van der Waals surface area contributed by atoms with E-state index in [0.717, 1.165) is 13.0 Å². The standard InChI is InChI=1S/C13H27N3O4S/c1-4-20-13(17)12-7-5-10-16(11-12)21(18,19)15(3)9-6-8-14-2/h12,14H,4-11H2,1-3H3. The first kappa shape index (κ1) is 18.3. The normalized spacial score (nSPS) is 20.7. The van der Waals surface area contributed by atoms with E-state index in [4.69, 9.17) is 4.74 Å². The van der Waals surface area contributed by atoms with Crippen LogP contribution in [0.15, 0.2) is 0 Å². The number of hydrogen-bond donors (Lipinski definition) is 1. The van der Waals surface area contributed by atoms with Crippen LogP contribution in [0.2, 0.25) is 0 Å². The molecule has 0 spiro atoms. The lowest BCUT2D eigenvalue weighted by molar-refractivity contribution is -0.149. The molecule has 1 aliphatic heterocycles. The molecule has 124 valence electrons. The maximum Gasteiger partial charge on any atom is 0.310 e. The molecule has 0 aromatic rings. The van der Waals surface area contributed by atoms with Gasteiger partial charge in [-0.2, -0.15) is 17.0 Å². The number of carbonyl (C=O) groups excluding carboxylic acids is 1. The molecule has 0 amide bonds. The fourth-order valence-electron chi connectivity index (χ4n) is 2.40. The quantitative estimate of drug-likeness (QED) is 0.505. The Balaban J connectivity index is 2.63. The third-order valence-electron chi connectivity index (χ3n) is 3.62. The van der Waals surface area contributed by atoms with Gasteiger partial charge in [0.15, 0.2) is 0 Å². The maximum absolute atomic E-state index is 12.5. The zero-order chi connectivity index (χ0) is 15.9. The molecule has 1 heterocycles. The van der Waals surface area contributed by atoms with E-state index in [2.05, 4.69) is 5.32 Å². The molecule has 1 fully saturated rings. The van der Waals surface area contributed by atoms with Gasteiger partial charge in [0, 0.05) is 26.7 Å². The maximum atomic E-state index is 12.5. The molecular formula is C13H27N3O4S. The lowest BCUT2D eigenvalue weighted by atomic mass is 10.0. The van der Waals surface area contributed by atoms with Crippen molar-refractivity contribution in [1.82, 2.24) is 13.9 Å². The van der Waals surface area contributed by atoms with Gasteiger partial charge in [-0.05, 0) is 39.8 Å². The van der Waals surface area contributed by atoms with Crippen molar-refractivity contribution in [3.05, 3.63) is 0 Å². The second-order valence-electron chi connectivity index (χ2n) is 5.24. The average Bonchev–Trinajstić information content (AvgIpc) is 2.47. The Kier molecular flexibility index (Phi) is 7.58. The van der Waals surface area contributed by atoms with Crippen LogP contribution in [-0.4, -0.2) is 69.9 Å². The third kappa shape index (κ3) is 5.21. The minimum absolute atomic E-state index is 0.220. The Morgan fingerprint density at radius 1 is 1.48 bits per heavy atom. The number of piperidine rings is 1. The highest BCUT2D eigenvalue weighted by atomic mass is 32.2. The van der Waals surface area contributed by atoms with Crippen LogP contribution in [0.1, 0.15) is 26.2 Å². The van der Waals surface area contributed by atoms with Gasteiger partial charge in [-0.15, -0.1) is 0 Å². The van der Waals surface area contributed by atoms with Gasteiger partial charge in [0.1, 0.15) is 0 Å². The smallest absolute Gasteiger partial charge is 0.310 e. The van der Waals surface area contributed by atoms with E-state index in [0.29, 0.717) is 32.5 Å². The summed E-state index contributed by atoms with van der Waals surface area (Å²) in [5.74, 6) is -0.644. The molecule has 21 heavy (non-hydrogen) atoms. The molecule has 0 saturated carbocycles. The highest BCUT2D eigenvalue weighted by Gasteiger charge is 2.34. The first-order valence-corrected chi connectivity index (χ1v) is 8.85. The minimum atomic E-state index is -3.49. The van der Waals surface area contributed by atoms with Crippen LogP contribution in [0, 0.1) is 5.92 Å². The average molecular weight is 321 g/mol. The van der Waals surface area contributed by atoms with E-state index >= 15 is 0 Å². The third-order valence-corrected chi connectivity index (χ3v) is 5.58. The zero-order valence-electron chi connectivity index (χ0n) is 13.2. The van der Waals surface area contributed by atoms with Crippen molar-refractivity contribution >= 4 is 16.2 Å². The summed E-state index contributed by atoms with van der Waals surface area (Å²) in [6.07, 6.45) is 2.13. The van der Waals surface area contributed by atoms with Gasteiger partial charge in [0.25, 0.3) is 10.2 Å². The van der Waals surface area contributed by atoms with E-state index in [9.17, 15) is 13.2 Å². The monoisotopic (exact) mass is 321 g/mol. The van der Waals surface area contributed by atoms with Crippen LogP contribution in [0.4, 0.5) is 0 Å². The number of nitrogens with zero attached hydrogens (tertiary/aromatic N) is 2. The predicted molar refractivity (Wildman–Crippen MR) is 81.0 cm³/mol. The number of rotatable bonds is 8. The molecule has 7 nitrogen and oxygen atoms in total. The molecule has 1 saturated heterocycles. The van der Waals surface area contributed by atoms with Crippen molar-refractivity contribution in [2.45, 2.75) is 26.2 Å². The van der Waals surface area contributed by atoms with Crippen LogP contribution >= 0.6 is 0 Å². The van der Waals surface area contributed by atoms with E-state index in [1.807, 2.05) is 7.05 Å². The highest BCUT2D eigenvalue weighted by Crippen LogP contribution is 2.21. The Bertz CT molecular complexity index is 427. The van der Waals surface area contributed by atoms with Gasteiger partial charge >= 0.3 is 5.97 Å². The van der Waals surface area contributed by atoms with E-state index < -0.39 is 10.2 Å². The van der Waals surface area contributed by atoms with Crippen LogP contribution in [0.3, 0.4) is 0 Å². The summed E-state index contributed by atoms with van der Waals surface area (Å²) >= 11 is 0. The molecule has 0 bridgehead atoms. The molecule has 0 aromatic carbocycles. The molecule has 1 aliphatic rings. The summed E-state index contributed by atoms with van der Waals surface area (Å²) in [7, 11) is -0.0741. The first-order valence-electron chi connectivity index (χ1n) is 7.46. The predicted octanol–water partition coefficient (Wildman–Crippen LogP) is 0.0476. The van der Waals surface area contributed by atoms with Gasteiger partial charge in [-0.3, -0.25) is 4.79 Å². The number of nitrogens with one attached hydrogen (secondary N) is 1. The van der Waals surface area contributed by atoms with Gasteiger partial charge < -0.3 is 10.1 Å². The largest absolute Gasteiger partial charge is 0.466 e. The van der Waals surface area contributed by atoms with Crippen molar-refractivity contribution in [1.29, 1.82) is 0 Å². The summed E-state index contributed by atoms with van der Waals surface area (Å²) in [6, 6.07) is 0. The molecule has 1 atom stereocenters. The number of esters is 1. The Labute approximate surface area is 127 Å². The number of ether oxygens (including phenoxy) is 1. The molecule has 0 radical (unpaired) electrons. The summed E-state index contributed by atoms with van der Waals surface area (Å²) in [6.45, 7) is 4.00. The van der Waals surface area contributed by atoms with Crippen LogP contribution in [0.5, 0.6) is 0 Å². The topological polar surface area (TPSA) is 79.0 Å². The second kappa shape index (κ2) is 8.67. The Morgan fingerprint density at radius 2 is 2.19 bits per heavy atom. The summed E-state index contributed by atoms with van der Waals surface area (Å²) in [5, 5.41) is 2.99. The summed E-state index contributed by atoms with van der Waals surface area (Å²) in [4.78, 5) is 11.8. The lowest BCUT2D eigenvalue weighted by Gasteiger charge is -2.33. The van der Waals surface area contributed by atoms with Gasteiger partial charge in [-0.1, -0.05) is 0 Å². The van der Waals surface area contributed by atoms with Crippen molar-refractivity contribution in [2.24, 2.45) is 5.92 Å². The highest BCUT2D eigenvalue weighted by molar-refractivity contribution is 7.86. The van der Waals surface area contributed by atoms with Gasteiger partial charge in [-0.25, -0.2) is 0 Å². The van der Waals surface area contributed by atoms with E-state index in [1.165, 1.54) is 8.61 Å². The van der Waals surface area contributed by atoms with Crippen molar-refractivity contribution in [3.63, 3.8) is 0 Å². The summed E-state index contributed by atoms with van der Waals surface area (Å²) in [5.41, 5.74) is 0. The van der Waals surface area contributed by atoms with Crippen molar-refractivity contribution < 1.29 is 17.9 Å². The second-order valence-corrected chi connectivity index (χ2v) is 7.27. The molecular weight excluding hydrogens is 294 g/mol. The molecule has 8 heteroatoms. The number of carbonyl (C=O) groups is 1. The first-order chi connectivity index (χ1) is 9.93. The molecule has 1 unspecified atom stereocenters. The fourth-order valence-corrected chi connectivity index (χ4v) is 3.88. The van der Waals surface area contributed by atoms with E-state index in [-0.39, 0.29) is 18.4 Å². The van der Waals surface area contributed by atoms with Gasteiger partial charge in [0.05, 0.1) is 12.5 Å². The van der Waals surface area contributed by atoms with Crippen LogP contribution in [-0.2, 0) is 19.7 Å². The van der Waals surface area contributed by atoms with Crippen molar-refractivity contribution in [2.75, 3.05) is 46.9 Å². The van der Waals surface area contributed by atoms with E-state index in [1.54, 1.807) is 14.0 Å². The molecule has 1 rings (SSSR count). The lowest BCUT2D eigenvalue weighted by Crippen LogP contribution is -2.48. The molecule has 0 aromatic heterocycles. The Morgan fingerprint density at radius 3 is 2.81 bits per heavy atom. The Hall–Kier alpha value is -0.700. The van der Waals surface area contributed by atoms with Gasteiger partial charge in [0.2, 0.25) is 0 Å². The summed E-state index contributed by atoms with van der Waals surface area (Å²) < 4.78 is 32.7. The SMILES string of the molecule is CCOC(=O)C1CCCN(S(=O)(=O)N(C)CCCNC)C1. The van der Waals surface area contributed by atoms with Crippen LogP contribution in [0.25, 0.3) is 0 Å². The minimum Gasteiger partial charge on any atom is -0.466 e.